The van der Waals surface area contributed by atoms with E-state index in [1.165, 1.54) is 93.6 Å². The van der Waals surface area contributed by atoms with Crippen LogP contribution in [0.1, 0.15) is 0 Å². The van der Waals surface area contributed by atoms with Crippen molar-refractivity contribution in [1.82, 2.24) is 8.96 Å². The molecule has 0 saturated carbocycles. The third-order valence-corrected chi connectivity index (χ3v) is 13.1. The van der Waals surface area contributed by atoms with Crippen molar-refractivity contribution in [2.45, 2.75) is 4.90 Å². The van der Waals surface area contributed by atoms with E-state index in [2.05, 4.69) is 189 Å². The summed E-state index contributed by atoms with van der Waals surface area (Å²) < 4.78 is 5.12. The van der Waals surface area contributed by atoms with Crippen molar-refractivity contribution in [2.24, 2.45) is 0 Å². The number of hydrogen-bond acceptors (Lipinski definition) is 3. The highest BCUT2D eigenvalue weighted by Crippen LogP contribution is 2.52. The van der Waals surface area contributed by atoms with Crippen molar-refractivity contribution in [3.8, 4) is 22.3 Å². The molecule has 0 spiro atoms. The molecule has 7 heteroatoms. The van der Waals surface area contributed by atoms with Crippen molar-refractivity contribution < 1.29 is 0 Å². The van der Waals surface area contributed by atoms with Crippen molar-refractivity contribution >= 4 is 103 Å². The van der Waals surface area contributed by atoms with E-state index in [-0.39, 0.29) is 13.7 Å². The van der Waals surface area contributed by atoms with E-state index < -0.39 is 0 Å². The summed E-state index contributed by atoms with van der Waals surface area (Å²) in [4.78, 5) is 6.42. The van der Waals surface area contributed by atoms with Crippen molar-refractivity contribution in [2.75, 3.05) is 16.1 Å². The fourth-order valence-corrected chi connectivity index (χ4v) is 10.8. The molecule has 7 aromatic carbocycles. The SMILES string of the molecule is CSc1ccc2c(c1)N(c1ccccc1)c1c3c(cc4c1N(c1ccccc1)c1cccc5c1B4n1ccc4cccc-5c41)-c1cccc4ccn(c14)B23. The monoisotopic (exact) mass is 704 g/mol. The van der Waals surface area contributed by atoms with E-state index in [0.717, 1.165) is 11.4 Å². The van der Waals surface area contributed by atoms with Gasteiger partial charge in [0.2, 0.25) is 0 Å². The zero-order valence-corrected chi connectivity index (χ0v) is 30.3. The van der Waals surface area contributed by atoms with Gasteiger partial charge >= 0.3 is 13.7 Å². The maximum Gasteiger partial charge on any atom is 0.332 e. The van der Waals surface area contributed by atoms with Crippen LogP contribution < -0.4 is 31.7 Å². The smallest absolute Gasteiger partial charge is 0.332 e. The van der Waals surface area contributed by atoms with Crippen LogP contribution in [0.5, 0.6) is 0 Å². The number of fused-ring (bicyclic) bond motifs is 9. The lowest BCUT2D eigenvalue weighted by Gasteiger charge is -2.47. The molecule has 13 rings (SSSR count). The molecule has 0 fully saturated rings. The minimum absolute atomic E-state index is 0.00860. The third kappa shape index (κ3) is 3.54. The molecule has 0 bridgehead atoms. The average Bonchev–Trinajstić information content (AvgIpc) is 3.87. The molecule has 2 aromatic heterocycles. The van der Waals surface area contributed by atoms with Gasteiger partial charge in [-0.1, -0.05) is 97.1 Å². The molecule has 0 aliphatic carbocycles. The first-order valence-corrected chi connectivity index (χ1v) is 19.9. The lowest BCUT2D eigenvalue weighted by atomic mass is 9.41. The Balaban J connectivity index is 1.26. The fourth-order valence-electron chi connectivity index (χ4n) is 10.3. The molecule has 0 saturated heterocycles. The van der Waals surface area contributed by atoms with Gasteiger partial charge in [0, 0.05) is 49.8 Å². The van der Waals surface area contributed by atoms with Gasteiger partial charge in [-0.05, 0) is 117 Å². The second kappa shape index (κ2) is 10.4. The van der Waals surface area contributed by atoms with Crippen LogP contribution in [0.3, 0.4) is 0 Å². The van der Waals surface area contributed by atoms with Gasteiger partial charge in [-0.3, -0.25) is 0 Å². The Hall–Kier alpha value is -6.30. The van der Waals surface area contributed by atoms with E-state index in [1.54, 1.807) is 11.8 Å². The second-order valence-electron chi connectivity index (χ2n) is 14.9. The highest BCUT2D eigenvalue weighted by molar-refractivity contribution is 7.98. The Morgan fingerprint density at radius 2 is 1.04 bits per heavy atom. The summed E-state index contributed by atoms with van der Waals surface area (Å²) in [6, 6.07) is 57.0. The zero-order valence-electron chi connectivity index (χ0n) is 29.4. The first-order chi connectivity index (χ1) is 26.8. The van der Waals surface area contributed by atoms with Gasteiger partial charge in [0.25, 0.3) is 0 Å². The Morgan fingerprint density at radius 1 is 0.444 bits per heavy atom. The standard InChI is InChI=1S/C47H30B2N4S/c1-54-33-21-22-38-41(27-33)53(32-15-6-3-7-16-32)47-43-37(36-19-9-12-30-23-25-50(45(30)36)48(38)43)28-39-46(47)52(31-13-4-2-5-14-31)40-20-10-17-34-35-18-8-11-29-24-26-51(44(29)35)49(39)42(34)40/h2-28H,1H3. The molecule has 0 radical (unpaired) electrons. The maximum absolute atomic E-state index is 2.59. The molecule has 0 unspecified atom stereocenters. The number of thioether (sulfide) groups is 1. The number of hydrogen-bond donors (Lipinski definition) is 0. The molecule has 4 aliphatic heterocycles. The Labute approximate surface area is 318 Å². The van der Waals surface area contributed by atoms with Crippen LogP contribution in [0.2, 0.25) is 0 Å². The number of nitrogens with zero attached hydrogens (tertiary/aromatic N) is 4. The van der Waals surface area contributed by atoms with E-state index in [1.807, 2.05) is 0 Å². The van der Waals surface area contributed by atoms with Gasteiger partial charge in [-0.25, -0.2) is 0 Å². The third-order valence-electron chi connectivity index (χ3n) is 12.4. The van der Waals surface area contributed by atoms with Gasteiger partial charge in [-0.2, -0.15) is 0 Å². The van der Waals surface area contributed by atoms with E-state index in [9.17, 15) is 0 Å². The Kier molecular flexibility index (Phi) is 5.64. The lowest BCUT2D eigenvalue weighted by molar-refractivity contribution is 1.19. The molecule has 6 heterocycles. The second-order valence-corrected chi connectivity index (χ2v) is 15.7. The minimum atomic E-state index is -0.0111. The van der Waals surface area contributed by atoms with Crippen molar-refractivity contribution in [1.29, 1.82) is 0 Å². The Bertz CT molecular complexity index is 3080. The zero-order chi connectivity index (χ0) is 35.2. The fraction of sp³-hybridized carbons (Fsp3) is 0.0213. The summed E-state index contributed by atoms with van der Waals surface area (Å²) in [6.07, 6.45) is 6.83. The summed E-state index contributed by atoms with van der Waals surface area (Å²) >= 11 is 1.81. The van der Waals surface area contributed by atoms with Crippen LogP contribution in [0.25, 0.3) is 44.1 Å². The summed E-state index contributed by atoms with van der Waals surface area (Å²) in [6.45, 7) is -0.00248. The summed E-state index contributed by atoms with van der Waals surface area (Å²) in [7, 11) is 0. The van der Waals surface area contributed by atoms with Crippen LogP contribution in [-0.4, -0.2) is 28.9 Å². The van der Waals surface area contributed by atoms with E-state index in [0.29, 0.717) is 0 Å². The molecule has 4 nitrogen and oxygen atoms in total. The molecule has 0 atom stereocenters. The van der Waals surface area contributed by atoms with Gasteiger partial charge < -0.3 is 18.8 Å². The predicted octanol–water partition coefficient (Wildman–Crippen LogP) is 9.15. The topological polar surface area (TPSA) is 16.3 Å². The van der Waals surface area contributed by atoms with E-state index >= 15 is 0 Å². The minimum Gasteiger partial charge on any atom is -0.382 e. The molecular formula is C47H30B2N4S. The molecular weight excluding hydrogens is 674 g/mol. The van der Waals surface area contributed by atoms with Crippen LogP contribution >= 0.6 is 11.8 Å². The van der Waals surface area contributed by atoms with Crippen LogP contribution in [0.4, 0.5) is 34.1 Å². The van der Waals surface area contributed by atoms with Gasteiger partial charge in [-0.15, -0.1) is 11.8 Å². The maximum atomic E-state index is 2.59. The predicted molar refractivity (Wildman–Crippen MR) is 230 cm³/mol. The number of benzene rings is 7. The molecule has 4 aliphatic rings. The Morgan fingerprint density at radius 3 is 1.70 bits per heavy atom. The number of aromatic nitrogens is 2. The summed E-state index contributed by atoms with van der Waals surface area (Å²) in [5.41, 5.74) is 20.5. The molecule has 0 amide bonds. The first kappa shape index (κ1) is 29.2. The van der Waals surface area contributed by atoms with Crippen LogP contribution in [0, 0.1) is 0 Å². The number of rotatable bonds is 3. The summed E-state index contributed by atoms with van der Waals surface area (Å²) in [5.74, 6) is 0. The normalized spacial score (nSPS) is 13.9. The summed E-state index contributed by atoms with van der Waals surface area (Å²) in [5, 5.41) is 2.56. The molecule has 54 heavy (non-hydrogen) atoms. The van der Waals surface area contributed by atoms with Crippen LogP contribution in [0.15, 0.2) is 169 Å². The highest BCUT2D eigenvalue weighted by Gasteiger charge is 2.49. The molecule has 250 valence electrons. The quantitative estimate of drug-likeness (QED) is 0.135. The van der Waals surface area contributed by atoms with Gasteiger partial charge in [0.15, 0.2) is 0 Å². The molecule has 9 aromatic rings. The highest BCUT2D eigenvalue weighted by atomic mass is 32.2. The van der Waals surface area contributed by atoms with Gasteiger partial charge in [0.1, 0.15) is 0 Å². The lowest BCUT2D eigenvalue weighted by Crippen LogP contribution is -2.61. The van der Waals surface area contributed by atoms with Crippen molar-refractivity contribution in [3.05, 3.63) is 164 Å². The number of para-hydroxylation sites is 4. The van der Waals surface area contributed by atoms with Crippen molar-refractivity contribution in [3.63, 3.8) is 0 Å². The van der Waals surface area contributed by atoms with Gasteiger partial charge in [0.05, 0.1) is 11.4 Å². The number of anilines is 6. The first-order valence-electron chi connectivity index (χ1n) is 18.7. The molecule has 0 N–H and O–H groups in total. The van der Waals surface area contributed by atoms with Crippen LogP contribution in [-0.2, 0) is 0 Å². The van der Waals surface area contributed by atoms with E-state index in [4.69, 9.17) is 0 Å². The average molecular weight is 704 g/mol. The largest absolute Gasteiger partial charge is 0.382 e.